The Balaban J connectivity index is 1.46. The highest BCUT2D eigenvalue weighted by Crippen LogP contribution is 2.27. The third-order valence-corrected chi connectivity index (χ3v) is 5.64. The first-order valence-electron chi connectivity index (χ1n) is 8.92. The molecule has 144 valence electrons. The first-order chi connectivity index (χ1) is 13.6. The van der Waals surface area contributed by atoms with Crippen LogP contribution in [0.2, 0.25) is 5.02 Å². The Hall–Kier alpha value is -2.48. The van der Waals surface area contributed by atoms with Crippen LogP contribution in [0.5, 0.6) is 0 Å². The van der Waals surface area contributed by atoms with Crippen molar-refractivity contribution in [1.29, 1.82) is 0 Å². The van der Waals surface area contributed by atoms with Crippen molar-refractivity contribution < 1.29 is 9.53 Å². The Morgan fingerprint density at radius 3 is 2.79 bits per heavy atom. The number of halogens is 1. The number of nitrogens with zero attached hydrogens (tertiary/aromatic N) is 3. The number of aromatic nitrogens is 2. The van der Waals surface area contributed by atoms with Crippen molar-refractivity contribution in [3.05, 3.63) is 58.2 Å². The summed E-state index contributed by atoms with van der Waals surface area (Å²) < 4.78 is 5.37. The van der Waals surface area contributed by atoms with E-state index >= 15 is 0 Å². The van der Waals surface area contributed by atoms with Gasteiger partial charge in [0, 0.05) is 30.2 Å². The molecule has 0 bridgehead atoms. The first kappa shape index (κ1) is 18.9. The third kappa shape index (κ3) is 4.16. The van der Waals surface area contributed by atoms with Gasteiger partial charge in [-0.05, 0) is 36.8 Å². The highest BCUT2D eigenvalue weighted by molar-refractivity contribution is 7.13. The van der Waals surface area contributed by atoms with Crippen molar-refractivity contribution in [3.63, 3.8) is 0 Å². The van der Waals surface area contributed by atoms with E-state index in [1.165, 1.54) is 11.3 Å². The molecule has 1 aromatic carbocycles. The maximum absolute atomic E-state index is 12.5. The van der Waals surface area contributed by atoms with Crippen molar-refractivity contribution >= 4 is 40.4 Å². The van der Waals surface area contributed by atoms with Crippen molar-refractivity contribution in [3.8, 4) is 10.6 Å². The van der Waals surface area contributed by atoms with Gasteiger partial charge in [0.05, 0.1) is 23.9 Å². The summed E-state index contributed by atoms with van der Waals surface area (Å²) in [6.45, 7) is 5.08. The molecule has 6 nitrogen and oxygen atoms in total. The summed E-state index contributed by atoms with van der Waals surface area (Å²) >= 11 is 7.60. The van der Waals surface area contributed by atoms with E-state index in [4.69, 9.17) is 16.3 Å². The number of ether oxygens (including phenoxy) is 1. The molecule has 2 aromatic heterocycles. The predicted octanol–water partition coefficient (Wildman–Crippen LogP) is 4.26. The number of amides is 1. The number of aryl methyl sites for hydroxylation is 1. The predicted molar refractivity (Wildman–Crippen MR) is 113 cm³/mol. The molecule has 3 heterocycles. The highest BCUT2D eigenvalue weighted by atomic mass is 35.5. The summed E-state index contributed by atoms with van der Waals surface area (Å²) in [5.74, 6) is 0.640. The molecule has 1 fully saturated rings. The third-order valence-electron chi connectivity index (χ3n) is 4.44. The number of nitrogens with one attached hydrogen (secondary N) is 1. The lowest BCUT2D eigenvalue weighted by Crippen LogP contribution is -2.36. The fraction of sp³-hybridized carbons (Fsp3) is 0.250. The normalized spacial score (nSPS) is 14.1. The average Bonchev–Trinajstić information content (AvgIpc) is 3.21. The molecule has 0 spiro atoms. The Kier molecular flexibility index (Phi) is 5.57. The minimum atomic E-state index is -0.286. The van der Waals surface area contributed by atoms with Crippen LogP contribution in [0.15, 0.2) is 41.9 Å². The molecule has 1 amide bonds. The topological polar surface area (TPSA) is 67.4 Å². The molecule has 1 aliphatic rings. The second-order valence-electron chi connectivity index (χ2n) is 6.48. The van der Waals surface area contributed by atoms with E-state index in [0.29, 0.717) is 16.4 Å². The van der Waals surface area contributed by atoms with Gasteiger partial charge >= 0.3 is 0 Å². The molecule has 28 heavy (non-hydrogen) atoms. The van der Waals surface area contributed by atoms with Gasteiger partial charge in [-0.1, -0.05) is 17.7 Å². The lowest BCUT2D eigenvalue weighted by Gasteiger charge is -2.27. The fourth-order valence-corrected chi connectivity index (χ4v) is 3.98. The molecule has 1 aliphatic heterocycles. The van der Waals surface area contributed by atoms with Crippen LogP contribution >= 0.6 is 22.9 Å². The molecule has 4 rings (SSSR count). The first-order valence-corrected chi connectivity index (χ1v) is 10.2. The second kappa shape index (κ2) is 8.26. The number of benzene rings is 1. The van der Waals surface area contributed by atoms with Crippen LogP contribution in [0.25, 0.3) is 10.6 Å². The minimum Gasteiger partial charge on any atom is -0.378 e. The summed E-state index contributed by atoms with van der Waals surface area (Å²) in [7, 11) is 0. The molecule has 0 saturated carbocycles. The maximum Gasteiger partial charge on any atom is 0.275 e. The van der Waals surface area contributed by atoms with Gasteiger partial charge < -0.3 is 15.0 Å². The van der Waals surface area contributed by atoms with E-state index in [1.54, 1.807) is 17.6 Å². The second-order valence-corrected chi connectivity index (χ2v) is 7.75. The maximum atomic E-state index is 12.5. The van der Waals surface area contributed by atoms with E-state index in [1.807, 2.05) is 31.2 Å². The molecular formula is C20H19ClN4O2S. The van der Waals surface area contributed by atoms with E-state index in [0.717, 1.165) is 48.3 Å². The van der Waals surface area contributed by atoms with Crippen molar-refractivity contribution in [2.45, 2.75) is 6.92 Å². The zero-order valence-electron chi connectivity index (χ0n) is 15.3. The highest BCUT2D eigenvalue weighted by Gasteiger charge is 2.15. The Morgan fingerprint density at radius 1 is 1.25 bits per heavy atom. The van der Waals surface area contributed by atoms with E-state index < -0.39 is 0 Å². The number of rotatable bonds is 4. The lowest BCUT2D eigenvalue weighted by atomic mass is 10.2. The summed E-state index contributed by atoms with van der Waals surface area (Å²) in [6.07, 6.45) is 1.79. The van der Waals surface area contributed by atoms with Crippen LogP contribution in [0.4, 0.5) is 11.5 Å². The average molecular weight is 415 g/mol. The quantitative estimate of drug-likeness (QED) is 0.691. The molecule has 3 aromatic rings. The molecule has 0 unspecified atom stereocenters. The van der Waals surface area contributed by atoms with Crippen LogP contribution < -0.4 is 10.2 Å². The van der Waals surface area contributed by atoms with Gasteiger partial charge in [-0.3, -0.25) is 4.79 Å². The number of pyridine rings is 1. The summed E-state index contributed by atoms with van der Waals surface area (Å²) in [5.41, 5.74) is 2.85. The molecule has 0 atom stereocenters. The van der Waals surface area contributed by atoms with Gasteiger partial charge in [-0.15, -0.1) is 11.3 Å². The van der Waals surface area contributed by atoms with Crippen LogP contribution in [0.3, 0.4) is 0 Å². The number of hydrogen-bond donors (Lipinski definition) is 1. The zero-order valence-corrected chi connectivity index (χ0v) is 16.9. The molecule has 1 N–H and O–H groups in total. The number of thiazole rings is 1. The van der Waals surface area contributed by atoms with Gasteiger partial charge in [0.25, 0.3) is 5.91 Å². The summed E-state index contributed by atoms with van der Waals surface area (Å²) in [5, 5.41) is 5.81. The molecule has 1 saturated heterocycles. The Morgan fingerprint density at radius 2 is 2.07 bits per heavy atom. The number of carbonyl (C=O) groups excluding carboxylic acids is 1. The number of carbonyl (C=O) groups is 1. The Bertz CT molecular complexity index is 984. The van der Waals surface area contributed by atoms with E-state index in [-0.39, 0.29) is 5.91 Å². The van der Waals surface area contributed by atoms with Gasteiger partial charge in [0.15, 0.2) is 0 Å². The summed E-state index contributed by atoms with van der Waals surface area (Å²) in [6, 6.07) is 9.46. The van der Waals surface area contributed by atoms with Crippen LogP contribution in [0, 0.1) is 6.92 Å². The Labute approximate surface area is 172 Å². The molecular weight excluding hydrogens is 396 g/mol. The van der Waals surface area contributed by atoms with Crippen LogP contribution in [0.1, 0.15) is 16.1 Å². The van der Waals surface area contributed by atoms with E-state index in [9.17, 15) is 4.79 Å². The number of anilines is 2. The van der Waals surface area contributed by atoms with Crippen molar-refractivity contribution in [2.24, 2.45) is 0 Å². The number of hydrogen-bond acceptors (Lipinski definition) is 6. The van der Waals surface area contributed by atoms with Crippen molar-refractivity contribution in [1.82, 2.24) is 9.97 Å². The standard InChI is InChI=1S/C20H19ClN4O2S/c1-13-2-4-16(15(21)10-13)23-19(26)17-12-28-20(24-17)14-3-5-18(22-11-14)25-6-8-27-9-7-25/h2-5,10-12H,6-9H2,1H3,(H,23,26). The van der Waals surface area contributed by atoms with Crippen LogP contribution in [-0.2, 0) is 4.74 Å². The van der Waals surface area contributed by atoms with Gasteiger partial charge in [0.1, 0.15) is 16.5 Å². The van der Waals surface area contributed by atoms with Gasteiger partial charge in [-0.25, -0.2) is 9.97 Å². The smallest absolute Gasteiger partial charge is 0.275 e. The fourth-order valence-electron chi connectivity index (χ4n) is 2.91. The van der Waals surface area contributed by atoms with Gasteiger partial charge in [0.2, 0.25) is 0 Å². The SMILES string of the molecule is Cc1ccc(NC(=O)c2csc(-c3ccc(N4CCOCC4)nc3)n2)c(Cl)c1. The van der Waals surface area contributed by atoms with Gasteiger partial charge in [-0.2, -0.15) is 0 Å². The van der Waals surface area contributed by atoms with Crippen molar-refractivity contribution in [2.75, 3.05) is 36.5 Å². The number of morpholine rings is 1. The zero-order chi connectivity index (χ0) is 19.5. The van der Waals surface area contributed by atoms with E-state index in [2.05, 4.69) is 20.2 Å². The largest absolute Gasteiger partial charge is 0.378 e. The van der Waals surface area contributed by atoms with Crippen LogP contribution in [-0.4, -0.2) is 42.2 Å². The minimum absolute atomic E-state index is 0.286. The lowest BCUT2D eigenvalue weighted by molar-refractivity contribution is 0.102. The molecule has 0 aliphatic carbocycles. The summed E-state index contributed by atoms with van der Waals surface area (Å²) in [4.78, 5) is 23.7. The monoisotopic (exact) mass is 414 g/mol. The molecule has 0 radical (unpaired) electrons. The molecule has 8 heteroatoms.